The molecule has 0 amide bonds. The zero-order valence-corrected chi connectivity index (χ0v) is 16.0. The summed E-state index contributed by atoms with van der Waals surface area (Å²) in [5, 5.41) is 5.93. The fourth-order valence-corrected chi connectivity index (χ4v) is 4.19. The van der Waals surface area contributed by atoms with Crippen LogP contribution in [0.2, 0.25) is 0 Å². The molecule has 1 N–H and O–H groups in total. The Bertz CT molecular complexity index is 1200. The zero-order valence-electron chi connectivity index (χ0n) is 16.0. The van der Waals surface area contributed by atoms with Crippen molar-refractivity contribution in [3.63, 3.8) is 0 Å². The fraction of sp³-hybridized carbons (Fsp3) is 0.154. The third-order valence-corrected chi connectivity index (χ3v) is 5.50. The van der Waals surface area contributed by atoms with Gasteiger partial charge in [0.05, 0.1) is 6.04 Å². The molecule has 3 aromatic carbocycles. The van der Waals surface area contributed by atoms with Gasteiger partial charge in [0.2, 0.25) is 0 Å². The average Bonchev–Trinajstić information content (AvgIpc) is 3.13. The van der Waals surface area contributed by atoms with Crippen molar-refractivity contribution < 1.29 is 4.42 Å². The number of para-hydroxylation sites is 1. The van der Waals surface area contributed by atoms with Crippen molar-refractivity contribution in [1.29, 1.82) is 0 Å². The molecule has 0 bridgehead atoms. The third kappa shape index (κ3) is 2.82. The first-order valence-corrected chi connectivity index (χ1v) is 9.98. The SMILES string of the molecule is CCCc1ccc2c(oc3ccccc32)c1C1C=C(c2ccccc2)C=CN1. The summed E-state index contributed by atoms with van der Waals surface area (Å²) in [6.45, 7) is 2.23. The van der Waals surface area contributed by atoms with E-state index in [1.165, 1.54) is 33.0 Å². The van der Waals surface area contributed by atoms with Crippen LogP contribution >= 0.6 is 0 Å². The van der Waals surface area contributed by atoms with E-state index in [9.17, 15) is 0 Å². The smallest absolute Gasteiger partial charge is 0.141 e. The third-order valence-electron chi connectivity index (χ3n) is 5.50. The maximum Gasteiger partial charge on any atom is 0.141 e. The molecule has 138 valence electrons. The Balaban J connectivity index is 1.71. The number of rotatable bonds is 4. The molecule has 5 rings (SSSR count). The normalized spacial score (nSPS) is 16.3. The summed E-state index contributed by atoms with van der Waals surface area (Å²) in [4.78, 5) is 0. The van der Waals surface area contributed by atoms with Gasteiger partial charge in [-0.2, -0.15) is 0 Å². The Morgan fingerprint density at radius 2 is 1.71 bits per heavy atom. The van der Waals surface area contributed by atoms with Crippen LogP contribution in [0, 0.1) is 0 Å². The van der Waals surface area contributed by atoms with E-state index in [2.05, 4.69) is 91.3 Å². The van der Waals surface area contributed by atoms with Crippen LogP contribution in [-0.2, 0) is 6.42 Å². The summed E-state index contributed by atoms with van der Waals surface area (Å²) in [6, 6.07) is 23.4. The summed E-state index contributed by atoms with van der Waals surface area (Å²) >= 11 is 0. The van der Waals surface area contributed by atoms with E-state index < -0.39 is 0 Å². The van der Waals surface area contributed by atoms with Crippen molar-refractivity contribution in [3.05, 3.63) is 102 Å². The van der Waals surface area contributed by atoms with Crippen LogP contribution in [0.5, 0.6) is 0 Å². The van der Waals surface area contributed by atoms with Crippen LogP contribution in [0.15, 0.2) is 89.5 Å². The Hall–Kier alpha value is -3.26. The molecule has 1 aliphatic heterocycles. The lowest BCUT2D eigenvalue weighted by Gasteiger charge is -2.22. The summed E-state index contributed by atoms with van der Waals surface area (Å²) in [6.07, 6.45) is 8.67. The largest absolute Gasteiger partial charge is 0.456 e. The summed E-state index contributed by atoms with van der Waals surface area (Å²) in [5.74, 6) is 0. The number of hydrogen-bond donors (Lipinski definition) is 1. The highest BCUT2D eigenvalue weighted by Crippen LogP contribution is 2.38. The highest BCUT2D eigenvalue weighted by Gasteiger charge is 2.22. The Morgan fingerprint density at radius 1 is 0.893 bits per heavy atom. The number of nitrogens with one attached hydrogen (secondary N) is 1. The summed E-state index contributed by atoms with van der Waals surface area (Å²) < 4.78 is 6.37. The Kier molecular flexibility index (Phi) is 4.25. The molecule has 0 saturated heterocycles. The number of allylic oxidation sites excluding steroid dienone is 2. The number of dihydropyridines is 1. The second-order valence-electron chi connectivity index (χ2n) is 7.33. The lowest BCUT2D eigenvalue weighted by Crippen LogP contribution is -2.18. The quantitative estimate of drug-likeness (QED) is 0.431. The van der Waals surface area contributed by atoms with Crippen LogP contribution in [0.3, 0.4) is 0 Å². The molecule has 0 radical (unpaired) electrons. The lowest BCUT2D eigenvalue weighted by atomic mass is 9.91. The van der Waals surface area contributed by atoms with E-state index in [1.54, 1.807) is 0 Å². The molecule has 2 heteroatoms. The summed E-state index contributed by atoms with van der Waals surface area (Å²) in [5.41, 5.74) is 7.03. The molecule has 0 saturated carbocycles. The highest BCUT2D eigenvalue weighted by atomic mass is 16.3. The maximum atomic E-state index is 6.37. The van der Waals surface area contributed by atoms with Gasteiger partial charge in [-0.15, -0.1) is 0 Å². The average molecular weight is 365 g/mol. The van der Waals surface area contributed by atoms with E-state index >= 15 is 0 Å². The van der Waals surface area contributed by atoms with E-state index in [4.69, 9.17) is 4.42 Å². The molecule has 0 aliphatic carbocycles. The highest BCUT2D eigenvalue weighted by molar-refractivity contribution is 6.06. The molecule has 4 aromatic rings. The van der Waals surface area contributed by atoms with Crippen molar-refractivity contribution in [2.24, 2.45) is 0 Å². The molecule has 0 fully saturated rings. The van der Waals surface area contributed by atoms with E-state index in [0.29, 0.717) is 0 Å². The van der Waals surface area contributed by atoms with Gasteiger partial charge < -0.3 is 9.73 Å². The Morgan fingerprint density at radius 3 is 2.57 bits per heavy atom. The summed E-state index contributed by atoms with van der Waals surface area (Å²) in [7, 11) is 0. The second kappa shape index (κ2) is 7.05. The lowest BCUT2D eigenvalue weighted by molar-refractivity contribution is 0.645. The standard InChI is InChI=1S/C26H23NO/c1-2-8-19-13-14-22-21-11-6-7-12-24(21)28-26(22)25(19)23-17-20(15-16-27-23)18-9-4-3-5-10-18/h3-7,9-17,23,27H,2,8H2,1H3. The van der Waals surface area contributed by atoms with Gasteiger partial charge >= 0.3 is 0 Å². The predicted octanol–water partition coefficient (Wildman–Crippen LogP) is 6.78. The zero-order chi connectivity index (χ0) is 18.9. The number of fused-ring (bicyclic) bond motifs is 3. The topological polar surface area (TPSA) is 25.2 Å². The first-order chi connectivity index (χ1) is 13.8. The molecular formula is C26H23NO. The molecule has 2 nitrogen and oxygen atoms in total. The van der Waals surface area contributed by atoms with Crippen LogP contribution in [0.1, 0.15) is 36.1 Å². The molecule has 1 aromatic heterocycles. The van der Waals surface area contributed by atoms with Crippen LogP contribution in [0.4, 0.5) is 0 Å². The minimum absolute atomic E-state index is 0.0889. The van der Waals surface area contributed by atoms with Gasteiger partial charge in [-0.1, -0.05) is 74.0 Å². The van der Waals surface area contributed by atoms with E-state index in [0.717, 1.165) is 24.0 Å². The number of aryl methyl sites for hydroxylation is 1. The molecule has 1 atom stereocenters. The van der Waals surface area contributed by atoms with Crippen LogP contribution < -0.4 is 5.32 Å². The van der Waals surface area contributed by atoms with Gasteiger partial charge in [0, 0.05) is 16.3 Å². The van der Waals surface area contributed by atoms with Gasteiger partial charge in [-0.3, -0.25) is 0 Å². The first kappa shape index (κ1) is 16.9. The maximum absolute atomic E-state index is 6.37. The van der Waals surface area contributed by atoms with Gasteiger partial charge in [0.25, 0.3) is 0 Å². The van der Waals surface area contributed by atoms with Gasteiger partial charge in [0.1, 0.15) is 11.2 Å². The molecule has 2 heterocycles. The molecule has 1 aliphatic rings. The van der Waals surface area contributed by atoms with E-state index in [-0.39, 0.29) is 6.04 Å². The molecular weight excluding hydrogens is 342 g/mol. The minimum atomic E-state index is 0.0889. The number of benzene rings is 3. The second-order valence-corrected chi connectivity index (χ2v) is 7.33. The van der Waals surface area contributed by atoms with Crippen LogP contribution in [-0.4, -0.2) is 0 Å². The van der Waals surface area contributed by atoms with E-state index in [1.807, 2.05) is 6.07 Å². The predicted molar refractivity (Wildman–Crippen MR) is 117 cm³/mol. The molecule has 1 unspecified atom stereocenters. The minimum Gasteiger partial charge on any atom is -0.456 e. The van der Waals surface area contributed by atoms with Gasteiger partial charge in [-0.05, 0) is 47.5 Å². The Labute approximate surface area is 165 Å². The number of hydrogen-bond acceptors (Lipinski definition) is 2. The first-order valence-electron chi connectivity index (χ1n) is 9.98. The van der Waals surface area contributed by atoms with Crippen molar-refractivity contribution in [3.8, 4) is 0 Å². The van der Waals surface area contributed by atoms with Crippen molar-refractivity contribution in [1.82, 2.24) is 5.32 Å². The van der Waals surface area contributed by atoms with Crippen molar-refractivity contribution >= 4 is 27.5 Å². The van der Waals surface area contributed by atoms with Crippen molar-refractivity contribution in [2.45, 2.75) is 25.8 Å². The number of furan rings is 1. The van der Waals surface area contributed by atoms with Gasteiger partial charge in [0.15, 0.2) is 0 Å². The molecule has 28 heavy (non-hydrogen) atoms. The fourth-order valence-electron chi connectivity index (χ4n) is 4.19. The molecule has 0 spiro atoms. The van der Waals surface area contributed by atoms with Crippen LogP contribution in [0.25, 0.3) is 27.5 Å². The monoisotopic (exact) mass is 365 g/mol. The van der Waals surface area contributed by atoms with Crippen molar-refractivity contribution in [2.75, 3.05) is 0 Å². The van der Waals surface area contributed by atoms with Gasteiger partial charge in [-0.25, -0.2) is 0 Å².